The first-order chi connectivity index (χ1) is 9.70. The van der Waals surface area contributed by atoms with Crippen LogP contribution in [0.25, 0.3) is 11.1 Å². The minimum Gasteiger partial charge on any atom is -0.386 e. The lowest BCUT2D eigenvalue weighted by Crippen LogP contribution is -2.01. The smallest absolute Gasteiger partial charge is 0.348 e. The van der Waals surface area contributed by atoms with Gasteiger partial charge in [-0.2, -0.15) is 0 Å². The molecule has 0 radical (unpaired) electrons. The Labute approximate surface area is 115 Å². The van der Waals surface area contributed by atoms with Crippen LogP contribution in [0.1, 0.15) is 37.4 Å². The summed E-state index contributed by atoms with van der Waals surface area (Å²) in [5, 5.41) is 0. The number of ether oxygens (including phenoxy) is 1. The van der Waals surface area contributed by atoms with Gasteiger partial charge in [-0.3, -0.25) is 0 Å². The zero-order valence-corrected chi connectivity index (χ0v) is 10.4. The predicted molar refractivity (Wildman–Crippen MR) is 72.4 cm³/mol. The molecule has 4 rings (SSSR count). The van der Waals surface area contributed by atoms with Crippen LogP contribution in [-0.4, -0.2) is 11.9 Å². The minimum absolute atomic E-state index is 0.240. The fourth-order valence-electron chi connectivity index (χ4n) is 3.01. The zero-order valence-electron chi connectivity index (χ0n) is 10.4. The van der Waals surface area contributed by atoms with E-state index in [0.717, 1.165) is 22.3 Å². The lowest BCUT2D eigenvalue weighted by Gasteiger charge is -2.06. The average Bonchev–Trinajstić information content (AvgIpc) is 2.96. The maximum Gasteiger partial charge on any atom is 0.348 e. The van der Waals surface area contributed by atoms with Crippen molar-refractivity contribution < 1.29 is 14.3 Å². The third-order valence-electron chi connectivity index (χ3n) is 3.86. The molecule has 1 aliphatic heterocycles. The van der Waals surface area contributed by atoms with Crippen molar-refractivity contribution in [1.82, 2.24) is 0 Å². The summed E-state index contributed by atoms with van der Waals surface area (Å²) in [6.45, 7) is 0. The fourth-order valence-corrected chi connectivity index (χ4v) is 3.01. The second-order valence-corrected chi connectivity index (χ2v) is 4.86. The van der Waals surface area contributed by atoms with E-state index >= 15 is 0 Å². The van der Waals surface area contributed by atoms with Crippen molar-refractivity contribution in [3.05, 3.63) is 58.1 Å². The lowest BCUT2D eigenvalue weighted by atomic mass is 9.93. The van der Waals surface area contributed by atoms with Crippen LogP contribution in [0.3, 0.4) is 0 Å². The van der Waals surface area contributed by atoms with Crippen molar-refractivity contribution in [2.75, 3.05) is 0 Å². The molecule has 94 valence electrons. The van der Waals surface area contributed by atoms with Crippen LogP contribution >= 0.6 is 0 Å². The van der Waals surface area contributed by atoms with Gasteiger partial charge in [0.15, 0.2) is 0 Å². The molecule has 0 fully saturated rings. The highest BCUT2D eigenvalue weighted by Gasteiger charge is 2.38. The second-order valence-electron chi connectivity index (χ2n) is 4.86. The summed E-state index contributed by atoms with van der Waals surface area (Å²) in [5.74, 6) is 1.25. The van der Waals surface area contributed by atoms with Crippen LogP contribution in [0, 0.1) is 12.3 Å². The molecule has 0 spiro atoms. The third-order valence-corrected chi connectivity index (χ3v) is 3.86. The average molecular weight is 260 g/mol. The predicted octanol–water partition coefficient (Wildman–Crippen LogP) is 2.55. The Balaban J connectivity index is 2.12. The van der Waals surface area contributed by atoms with E-state index in [0.29, 0.717) is 17.5 Å². The van der Waals surface area contributed by atoms with Gasteiger partial charge in [0.2, 0.25) is 0 Å². The summed E-state index contributed by atoms with van der Waals surface area (Å²) in [5.41, 5.74) is 4.97. The molecule has 3 heteroatoms. The molecule has 1 heterocycles. The van der Waals surface area contributed by atoms with Crippen molar-refractivity contribution >= 4 is 11.9 Å². The van der Waals surface area contributed by atoms with Crippen molar-refractivity contribution in [1.29, 1.82) is 0 Å². The molecule has 0 saturated heterocycles. The summed E-state index contributed by atoms with van der Waals surface area (Å²) >= 11 is 0. The Morgan fingerprint density at radius 3 is 2.60 bits per heavy atom. The Morgan fingerprint density at radius 1 is 1.05 bits per heavy atom. The van der Waals surface area contributed by atoms with E-state index in [9.17, 15) is 9.59 Å². The summed E-state index contributed by atoms with van der Waals surface area (Å²) in [6, 6.07) is 9.71. The first kappa shape index (κ1) is 11.0. The second kappa shape index (κ2) is 3.58. The molecule has 2 aromatic carbocycles. The highest BCUT2D eigenvalue weighted by atomic mass is 16.6. The van der Waals surface area contributed by atoms with E-state index in [4.69, 9.17) is 11.2 Å². The van der Waals surface area contributed by atoms with E-state index in [1.54, 1.807) is 6.07 Å². The molecule has 0 amide bonds. The van der Waals surface area contributed by atoms with Gasteiger partial charge in [0.05, 0.1) is 11.1 Å². The minimum atomic E-state index is -0.642. The normalized spacial score (nSPS) is 14.3. The van der Waals surface area contributed by atoms with Gasteiger partial charge in [-0.15, -0.1) is 6.42 Å². The molecule has 3 nitrogen and oxygen atoms in total. The molecule has 2 aromatic rings. The Hall–Kier alpha value is -2.86. The van der Waals surface area contributed by atoms with E-state index in [1.807, 2.05) is 24.3 Å². The molecule has 2 aliphatic rings. The number of cyclic esters (lactones) is 2. The van der Waals surface area contributed by atoms with Crippen molar-refractivity contribution in [3.8, 4) is 23.5 Å². The zero-order chi connectivity index (χ0) is 13.9. The number of terminal acetylenes is 1. The Bertz CT molecular complexity index is 853. The van der Waals surface area contributed by atoms with Gasteiger partial charge >= 0.3 is 11.9 Å². The fraction of sp³-hybridized carbons (Fsp3) is 0.0588. The van der Waals surface area contributed by atoms with E-state index < -0.39 is 11.9 Å². The molecule has 0 unspecified atom stereocenters. The van der Waals surface area contributed by atoms with Gasteiger partial charge < -0.3 is 4.74 Å². The molecule has 0 saturated carbocycles. The van der Waals surface area contributed by atoms with Gasteiger partial charge in [-0.25, -0.2) is 9.59 Å². The van der Waals surface area contributed by atoms with Gasteiger partial charge in [-0.1, -0.05) is 30.2 Å². The number of esters is 2. The maximum absolute atomic E-state index is 11.9. The van der Waals surface area contributed by atoms with Crippen LogP contribution in [0.5, 0.6) is 0 Å². The number of hydrogen-bond acceptors (Lipinski definition) is 3. The van der Waals surface area contributed by atoms with Crippen molar-refractivity contribution in [2.24, 2.45) is 0 Å². The Morgan fingerprint density at radius 2 is 1.80 bits per heavy atom. The number of fused-ring (bicyclic) bond motifs is 5. The quantitative estimate of drug-likeness (QED) is 0.354. The maximum atomic E-state index is 11.9. The molecule has 0 atom stereocenters. The van der Waals surface area contributed by atoms with Crippen LogP contribution in [0.2, 0.25) is 0 Å². The first-order valence-electron chi connectivity index (χ1n) is 6.22. The molecule has 0 bridgehead atoms. The lowest BCUT2D eigenvalue weighted by molar-refractivity contribution is 0.0443. The topological polar surface area (TPSA) is 43.4 Å². The number of hydrogen-bond donors (Lipinski definition) is 0. The van der Waals surface area contributed by atoms with Gasteiger partial charge in [0.25, 0.3) is 0 Å². The highest BCUT2D eigenvalue weighted by Crippen LogP contribution is 2.42. The summed E-state index contributed by atoms with van der Waals surface area (Å²) in [7, 11) is 0. The summed E-state index contributed by atoms with van der Waals surface area (Å²) in [4.78, 5) is 23.7. The summed E-state index contributed by atoms with van der Waals surface area (Å²) < 4.78 is 4.72. The van der Waals surface area contributed by atoms with Crippen molar-refractivity contribution in [2.45, 2.75) is 6.42 Å². The highest BCUT2D eigenvalue weighted by molar-refractivity contribution is 6.18. The largest absolute Gasteiger partial charge is 0.386 e. The molecule has 0 aromatic heterocycles. The van der Waals surface area contributed by atoms with Crippen molar-refractivity contribution in [3.63, 3.8) is 0 Å². The van der Waals surface area contributed by atoms with Crippen LogP contribution in [0.4, 0.5) is 0 Å². The van der Waals surface area contributed by atoms with Gasteiger partial charge in [-0.05, 0) is 34.7 Å². The third kappa shape index (κ3) is 1.20. The SMILES string of the molecule is C#Cc1cc2c(c3c1C(=O)OC3=O)Cc1ccccc1-2. The van der Waals surface area contributed by atoms with Crippen LogP contribution < -0.4 is 0 Å². The summed E-state index contributed by atoms with van der Waals surface area (Å²) in [6.07, 6.45) is 6.10. The number of carbonyl (C=O) groups excluding carboxylic acids is 2. The van der Waals surface area contributed by atoms with Gasteiger partial charge in [0, 0.05) is 5.56 Å². The van der Waals surface area contributed by atoms with Crippen LogP contribution in [0.15, 0.2) is 30.3 Å². The number of rotatable bonds is 0. The standard InChI is InChI=1S/C17H8O3/c1-2-9-7-12-11-6-4-3-5-10(11)8-13(12)15-14(9)16(18)20-17(15)19/h1,3-7H,8H2. The number of carbonyl (C=O) groups is 2. The van der Waals surface area contributed by atoms with Crippen LogP contribution in [-0.2, 0) is 11.2 Å². The van der Waals surface area contributed by atoms with E-state index in [2.05, 4.69) is 5.92 Å². The number of benzene rings is 2. The van der Waals surface area contributed by atoms with E-state index in [1.165, 1.54) is 0 Å². The monoisotopic (exact) mass is 260 g/mol. The molecule has 1 aliphatic carbocycles. The first-order valence-corrected chi connectivity index (χ1v) is 6.22. The Kier molecular flexibility index (Phi) is 1.97. The molecule has 20 heavy (non-hydrogen) atoms. The van der Waals surface area contributed by atoms with E-state index in [-0.39, 0.29) is 5.56 Å². The van der Waals surface area contributed by atoms with Gasteiger partial charge in [0.1, 0.15) is 0 Å². The molecular weight excluding hydrogens is 252 g/mol. The molecule has 0 N–H and O–H groups in total. The molecular formula is C17H8O3.